The Hall–Kier alpha value is -1.15. The standard InChI is InChI=1S/C21H23ClN2O3S/c1-19(2)16-5-4-9-23-18(16)21(25,15-7-6-14(22)11-17(15)28-19)13-8-10-24(3)20(12-13)26-27-20/h4-7,9,11,13,25H,8,10,12H2,1-3H3. The Morgan fingerprint density at radius 3 is 2.79 bits per heavy atom. The SMILES string of the molecule is CN1CCC(C2(O)c3ccc(Cl)cc3SC(C)(C)c3cccnc32)CC12OO2. The molecule has 2 aromatic rings. The first-order valence-corrected chi connectivity index (χ1v) is 10.7. The lowest BCUT2D eigenvalue weighted by molar-refractivity contribution is -0.0637. The van der Waals surface area contributed by atoms with E-state index in [9.17, 15) is 5.11 Å². The summed E-state index contributed by atoms with van der Waals surface area (Å²) >= 11 is 8.05. The van der Waals surface area contributed by atoms with Gasteiger partial charge < -0.3 is 5.11 Å². The van der Waals surface area contributed by atoms with Gasteiger partial charge in [-0.05, 0) is 51.1 Å². The van der Waals surface area contributed by atoms with Crippen molar-refractivity contribution in [3.05, 3.63) is 58.4 Å². The molecule has 2 unspecified atom stereocenters. The number of hydrogen-bond donors (Lipinski definition) is 1. The fourth-order valence-corrected chi connectivity index (χ4v) is 6.23. The summed E-state index contributed by atoms with van der Waals surface area (Å²) in [6.07, 6.45) is 3.15. The van der Waals surface area contributed by atoms with Crippen molar-refractivity contribution in [3.63, 3.8) is 0 Å². The second-order valence-corrected chi connectivity index (χ2v) is 10.5. The summed E-state index contributed by atoms with van der Waals surface area (Å²) in [5, 5.41) is 13.1. The Bertz CT molecular complexity index is 949. The zero-order valence-electron chi connectivity index (χ0n) is 16.1. The van der Waals surface area contributed by atoms with Gasteiger partial charge in [0.2, 0.25) is 0 Å². The molecule has 0 amide bonds. The van der Waals surface area contributed by atoms with Crippen molar-refractivity contribution in [1.82, 2.24) is 9.88 Å². The zero-order chi connectivity index (χ0) is 19.7. The molecular weight excluding hydrogens is 396 g/mol. The maximum atomic E-state index is 12.4. The molecule has 7 heteroatoms. The summed E-state index contributed by atoms with van der Waals surface area (Å²) in [7, 11) is 1.99. The molecule has 3 aliphatic rings. The highest BCUT2D eigenvalue weighted by molar-refractivity contribution is 8.00. The highest BCUT2D eigenvalue weighted by Crippen LogP contribution is 2.57. The van der Waals surface area contributed by atoms with Gasteiger partial charge in [0.05, 0.1) is 5.69 Å². The van der Waals surface area contributed by atoms with E-state index in [0.717, 1.165) is 34.7 Å². The summed E-state index contributed by atoms with van der Waals surface area (Å²) < 4.78 is -0.261. The number of fused-ring (bicyclic) bond motifs is 2. The van der Waals surface area contributed by atoms with Crippen molar-refractivity contribution in [2.45, 2.75) is 47.8 Å². The van der Waals surface area contributed by atoms with Crippen LogP contribution in [0.15, 0.2) is 41.4 Å². The van der Waals surface area contributed by atoms with E-state index in [1.165, 1.54) is 0 Å². The first-order valence-electron chi connectivity index (χ1n) is 9.52. The molecule has 1 N–H and O–H groups in total. The van der Waals surface area contributed by atoms with E-state index in [1.54, 1.807) is 18.0 Å². The fraction of sp³-hybridized carbons (Fsp3) is 0.476. The monoisotopic (exact) mass is 418 g/mol. The van der Waals surface area contributed by atoms with Gasteiger partial charge in [0.1, 0.15) is 5.60 Å². The molecule has 3 aliphatic heterocycles. The van der Waals surface area contributed by atoms with Crippen LogP contribution in [0.2, 0.25) is 5.02 Å². The molecule has 148 valence electrons. The molecule has 0 radical (unpaired) electrons. The van der Waals surface area contributed by atoms with Crippen LogP contribution >= 0.6 is 23.4 Å². The number of aromatic nitrogens is 1. The number of pyridine rings is 1. The lowest BCUT2D eigenvalue weighted by Gasteiger charge is -2.42. The Labute approximate surface area is 173 Å². The molecule has 5 rings (SSSR count). The molecular formula is C21H23ClN2O3S. The summed E-state index contributed by atoms with van der Waals surface area (Å²) in [6.45, 7) is 5.10. The molecule has 0 aliphatic carbocycles. The van der Waals surface area contributed by atoms with Crippen molar-refractivity contribution in [2.75, 3.05) is 13.6 Å². The molecule has 1 aromatic carbocycles. The van der Waals surface area contributed by atoms with Crippen LogP contribution in [0, 0.1) is 5.92 Å². The van der Waals surface area contributed by atoms with Crippen LogP contribution in [0.1, 0.15) is 43.5 Å². The van der Waals surface area contributed by atoms with Crippen molar-refractivity contribution in [3.8, 4) is 0 Å². The van der Waals surface area contributed by atoms with E-state index >= 15 is 0 Å². The normalized spacial score (nSPS) is 30.4. The highest BCUT2D eigenvalue weighted by atomic mass is 35.5. The van der Waals surface area contributed by atoms with E-state index in [1.807, 2.05) is 31.3 Å². The number of aliphatic hydroxyl groups is 1. The van der Waals surface area contributed by atoms with Gasteiger partial charge in [-0.25, -0.2) is 0 Å². The fourth-order valence-electron chi connectivity index (χ4n) is 4.65. The highest BCUT2D eigenvalue weighted by Gasteiger charge is 2.61. The lowest BCUT2D eigenvalue weighted by atomic mass is 9.71. The van der Waals surface area contributed by atoms with E-state index in [0.29, 0.717) is 11.4 Å². The first-order chi connectivity index (χ1) is 13.3. The second-order valence-electron chi connectivity index (χ2n) is 8.41. The minimum Gasteiger partial charge on any atom is -0.378 e. The number of piperidine rings is 1. The van der Waals surface area contributed by atoms with Crippen molar-refractivity contribution >= 4 is 23.4 Å². The Balaban J connectivity index is 1.74. The summed E-state index contributed by atoms with van der Waals surface area (Å²) in [5.41, 5.74) is 1.37. The van der Waals surface area contributed by atoms with Crippen LogP contribution in [0.4, 0.5) is 0 Å². The van der Waals surface area contributed by atoms with Crippen LogP contribution in [-0.2, 0) is 20.1 Å². The molecule has 4 heterocycles. The van der Waals surface area contributed by atoms with Crippen LogP contribution < -0.4 is 0 Å². The van der Waals surface area contributed by atoms with Gasteiger partial charge in [-0.2, -0.15) is 9.78 Å². The average Bonchev–Trinajstić information content (AvgIpc) is 3.44. The molecule has 5 nitrogen and oxygen atoms in total. The number of rotatable bonds is 1. The predicted molar refractivity (Wildman–Crippen MR) is 108 cm³/mol. The third-order valence-electron chi connectivity index (χ3n) is 6.30. The van der Waals surface area contributed by atoms with Gasteiger partial charge in [-0.1, -0.05) is 23.7 Å². The number of nitrogens with zero attached hydrogens (tertiary/aromatic N) is 2. The molecule has 2 atom stereocenters. The zero-order valence-corrected chi connectivity index (χ0v) is 17.7. The van der Waals surface area contributed by atoms with E-state index in [2.05, 4.69) is 24.8 Å². The summed E-state index contributed by atoms with van der Waals surface area (Å²) in [4.78, 5) is 18.5. The number of benzene rings is 1. The van der Waals surface area contributed by atoms with E-state index in [4.69, 9.17) is 26.4 Å². The number of halogens is 1. The smallest absolute Gasteiger partial charge is 0.290 e. The number of likely N-dealkylation sites (tertiary alicyclic amines) is 1. The second kappa shape index (κ2) is 6.17. The average molecular weight is 419 g/mol. The van der Waals surface area contributed by atoms with Crippen LogP contribution in [0.3, 0.4) is 0 Å². The maximum absolute atomic E-state index is 12.4. The Morgan fingerprint density at radius 2 is 2.04 bits per heavy atom. The van der Waals surface area contributed by atoms with Gasteiger partial charge in [0.15, 0.2) is 0 Å². The molecule has 1 aromatic heterocycles. The topological polar surface area (TPSA) is 61.4 Å². The molecule has 28 heavy (non-hydrogen) atoms. The first kappa shape index (κ1) is 18.9. The molecule has 0 saturated carbocycles. The van der Waals surface area contributed by atoms with Crippen LogP contribution in [0.5, 0.6) is 0 Å². The van der Waals surface area contributed by atoms with Gasteiger partial charge in [-0.15, -0.1) is 11.8 Å². The van der Waals surface area contributed by atoms with Gasteiger partial charge in [-0.3, -0.25) is 9.88 Å². The minimum absolute atomic E-state index is 0.103. The number of thioether (sulfide) groups is 1. The van der Waals surface area contributed by atoms with E-state index in [-0.39, 0.29) is 10.7 Å². The van der Waals surface area contributed by atoms with Gasteiger partial charge in [0.25, 0.3) is 5.91 Å². The summed E-state index contributed by atoms with van der Waals surface area (Å²) in [6, 6.07) is 9.76. The third-order valence-corrected chi connectivity index (χ3v) is 7.83. The van der Waals surface area contributed by atoms with E-state index < -0.39 is 11.5 Å². The van der Waals surface area contributed by atoms with Crippen LogP contribution in [-0.4, -0.2) is 34.5 Å². The Morgan fingerprint density at radius 1 is 1.25 bits per heavy atom. The van der Waals surface area contributed by atoms with Gasteiger partial charge >= 0.3 is 0 Å². The van der Waals surface area contributed by atoms with Crippen molar-refractivity contribution < 1.29 is 14.9 Å². The molecule has 0 bridgehead atoms. The van der Waals surface area contributed by atoms with Crippen LogP contribution in [0.25, 0.3) is 0 Å². The molecule has 2 saturated heterocycles. The maximum Gasteiger partial charge on any atom is 0.290 e. The number of hydrogen-bond acceptors (Lipinski definition) is 6. The molecule has 1 spiro atoms. The summed E-state index contributed by atoms with van der Waals surface area (Å²) in [5.74, 6) is -0.830. The third kappa shape index (κ3) is 2.66. The minimum atomic E-state index is -1.25. The largest absolute Gasteiger partial charge is 0.378 e. The molecule has 2 fully saturated rings. The van der Waals surface area contributed by atoms with Gasteiger partial charge in [0, 0.05) is 45.3 Å². The predicted octanol–water partition coefficient (Wildman–Crippen LogP) is 4.27. The quantitative estimate of drug-likeness (QED) is 0.551. The lowest BCUT2D eigenvalue weighted by Crippen LogP contribution is -2.50. The van der Waals surface area contributed by atoms with Crippen molar-refractivity contribution in [1.29, 1.82) is 0 Å². The Kier molecular flexibility index (Phi) is 4.16. The van der Waals surface area contributed by atoms with Crippen molar-refractivity contribution in [2.24, 2.45) is 5.92 Å².